The topological polar surface area (TPSA) is 75.5 Å². The number of aromatic nitrogens is 2. The number of nitrogens with zero attached hydrogens (tertiary/aromatic N) is 4. The zero-order valence-electron chi connectivity index (χ0n) is 17.0. The molecule has 0 atom stereocenters. The van der Waals surface area contributed by atoms with E-state index < -0.39 is 0 Å². The molecular formula is C24H22N4O3. The zero-order valence-corrected chi connectivity index (χ0v) is 17.0. The number of carbonyl (C=O) groups excluding carboxylic acids is 2. The maximum Gasteiger partial charge on any atom is 0.278 e. The van der Waals surface area contributed by atoms with Gasteiger partial charge < -0.3 is 9.80 Å². The van der Waals surface area contributed by atoms with Gasteiger partial charge in [-0.05, 0) is 42.2 Å². The average molecular weight is 414 g/mol. The molecule has 0 N–H and O–H groups in total. The quantitative estimate of drug-likeness (QED) is 0.657. The highest BCUT2D eigenvalue weighted by atomic mass is 16.2. The molecule has 5 rings (SSSR count). The van der Waals surface area contributed by atoms with Crippen molar-refractivity contribution >= 4 is 23.2 Å². The van der Waals surface area contributed by atoms with Crippen LogP contribution in [0.3, 0.4) is 0 Å². The molecule has 0 saturated carbocycles. The highest BCUT2D eigenvalue weighted by Crippen LogP contribution is 2.29. The van der Waals surface area contributed by atoms with Crippen LogP contribution in [0, 0.1) is 0 Å². The highest BCUT2D eigenvalue weighted by molar-refractivity contribution is 6.05. The van der Waals surface area contributed by atoms with Crippen molar-refractivity contribution in [1.29, 1.82) is 0 Å². The van der Waals surface area contributed by atoms with Gasteiger partial charge >= 0.3 is 0 Å². The van der Waals surface area contributed by atoms with Gasteiger partial charge in [-0.1, -0.05) is 36.4 Å². The summed E-state index contributed by atoms with van der Waals surface area (Å²) >= 11 is 0. The summed E-state index contributed by atoms with van der Waals surface area (Å²) in [5.74, 6) is -0.289. The summed E-state index contributed by atoms with van der Waals surface area (Å²) in [6, 6.07) is 18.5. The fourth-order valence-corrected chi connectivity index (χ4v) is 4.34. The van der Waals surface area contributed by atoms with Crippen molar-refractivity contribution in [3.8, 4) is 0 Å². The van der Waals surface area contributed by atoms with Gasteiger partial charge in [0, 0.05) is 37.0 Å². The molecule has 0 saturated heterocycles. The van der Waals surface area contributed by atoms with Crippen LogP contribution in [0.15, 0.2) is 65.5 Å². The predicted octanol–water partition coefficient (Wildman–Crippen LogP) is 2.43. The first-order valence-electron chi connectivity index (χ1n) is 10.5. The molecule has 156 valence electrons. The standard InChI is InChI=1S/C24H22N4O3/c29-22(26-14-11-17-5-1-3-7-20(17)26)13-16-28-23(30)10-9-19(25-28)24(31)27-15-12-18-6-2-4-8-21(18)27/h1-10H,11-16H2. The fourth-order valence-electron chi connectivity index (χ4n) is 4.34. The number of fused-ring (bicyclic) bond motifs is 2. The summed E-state index contributed by atoms with van der Waals surface area (Å²) in [5.41, 5.74) is 3.98. The number of para-hydroxylation sites is 2. The summed E-state index contributed by atoms with van der Waals surface area (Å²) in [6.07, 6.45) is 1.78. The van der Waals surface area contributed by atoms with Gasteiger partial charge in [-0.15, -0.1) is 0 Å². The molecule has 7 nitrogen and oxygen atoms in total. The first-order chi connectivity index (χ1) is 15.1. The SMILES string of the molecule is O=C(CCn1nc(C(=O)N2CCc3ccccc32)ccc1=O)N1CCc2ccccc21. The lowest BCUT2D eigenvalue weighted by molar-refractivity contribution is -0.118. The Kier molecular flexibility index (Phi) is 4.86. The molecule has 0 aliphatic carbocycles. The Morgan fingerprint density at radius 1 is 0.806 bits per heavy atom. The molecule has 2 aromatic carbocycles. The van der Waals surface area contributed by atoms with E-state index in [0.717, 1.165) is 35.3 Å². The zero-order chi connectivity index (χ0) is 21.4. The van der Waals surface area contributed by atoms with Gasteiger partial charge in [0.1, 0.15) is 5.69 Å². The van der Waals surface area contributed by atoms with Crippen LogP contribution in [0.4, 0.5) is 11.4 Å². The van der Waals surface area contributed by atoms with Crippen LogP contribution >= 0.6 is 0 Å². The number of hydrogen-bond acceptors (Lipinski definition) is 4. The molecule has 2 aliphatic heterocycles. The van der Waals surface area contributed by atoms with E-state index in [9.17, 15) is 14.4 Å². The minimum absolute atomic E-state index is 0.0520. The van der Waals surface area contributed by atoms with Crippen LogP contribution in [0.5, 0.6) is 0 Å². The van der Waals surface area contributed by atoms with Gasteiger partial charge in [-0.2, -0.15) is 5.10 Å². The van der Waals surface area contributed by atoms with E-state index >= 15 is 0 Å². The normalized spacial score (nSPS) is 14.5. The third-order valence-electron chi connectivity index (χ3n) is 5.94. The number of anilines is 2. The van der Waals surface area contributed by atoms with Crippen molar-refractivity contribution in [2.45, 2.75) is 25.8 Å². The molecule has 2 aliphatic rings. The molecule has 2 amide bonds. The smallest absolute Gasteiger partial charge is 0.278 e. The van der Waals surface area contributed by atoms with Gasteiger partial charge in [0.05, 0.1) is 6.54 Å². The largest absolute Gasteiger partial charge is 0.312 e. The van der Waals surface area contributed by atoms with Gasteiger partial charge in [0.2, 0.25) is 5.91 Å². The van der Waals surface area contributed by atoms with Gasteiger partial charge in [0.25, 0.3) is 11.5 Å². The van der Waals surface area contributed by atoms with E-state index in [4.69, 9.17) is 0 Å². The number of benzene rings is 2. The van der Waals surface area contributed by atoms with E-state index in [1.807, 2.05) is 48.5 Å². The van der Waals surface area contributed by atoms with Crippen LogP contribution < -0.4 is 15.4 Å². The fraction of sp³-hybridized carbons (Fsp3) is 0.250. The molecule has 1 aromatic heterocycles. The van der Waals surface area contributed by atoms with Crippen molar-refractivity contribution in [3.63, 3.8) is 0 Å². The maximum absolute atomic E-state index is 13.0. The van der Waals surface area contributed by atoms with Gasteiger partial charge in [-0.3, -0.25) is 14.4 Å². The lowest BCUT2D eigenvalue weighted by Crippen LogP contribution is -2.34. The summed E-state index contributed by atoms with van der Waals surface area (Å²) in [7, 11) is 0. The van der Waals surface area contributed by atoms with Crippen molar-refractivity contribution in [2.24, 2.45) is 0 Å². The molecule has 0 bridgehead atoms. The predicted molar refractivity (Wildman–Crippen MR) is 117 cm³/mol. The molecule has 3 heterocycles. The Morgan fingerprint density at radius 2 is 1.42 bits per heavy atom. The molecule has 0 unspecified atom stereocenters. The third-order valence-corrected chi connectivity index (χ3v) is 5.94. The van der Waals surface area contributed by atoms with Gasteiger partial charge in [-0.25, -0.2) is 4.68 Å². The Balaban J connectivity index is 1.31. The first-order valence-corrected chi connectivity index (χ1v) is 10.5. The van der Waals surface area contributed by atoms with Crippen LogP contribution in [-0.4, -0.2) is 34.7 Å². The summed E-state index contributed by atoms with van der Waals surface area (Å²) in [4.78, 5) is 41.5. The van der Waals surface area contributed by atoms with E-state index in [2.05, 4.69) is 5.10 Å². The second kappa shape index (κ2) is 7.83. The van der Waals surface area contributed by atoms with Crippen LogP contribution in [0.2, 0.25) is 0 Å². The Bertz CT molecular complexity index is 1230. The van der Waals surface area contributed by atoms with Gasteiger partial charge in [0.15, 0.2) is 0 Å². The lowest BCUT2D eigenvalue weighted by Gasteiger charge is -2.18. The molecule has 0 spiro atoms. The molecular weight excluding hydrogens is 392 g/mol. The molecule has 0 fully saturated rings. The minimum atomic E-state index is -0.326. The third kappa shape index (κ3) is 3.52. The second-order valence-corrected chi connectivity index (χ2v) is 7.79. The first kappa shape index (κ1) is 19.2. The highest BCUT2D eigenvalue weighted by Gasteiger charge is 2.27. The Morgan fingerprint density at radius 3 is 2.13 bits per heavy atom. The number of rotatable bonds is 4. The van der Waals surface area contributed by atoms with Crippen molar-refractivity contribution in [3.05, 3.63) is 87.8 Å². The number of carbonyl (C=O) groups is 2. The van der Waals surface area contributed by atoms with Crippen molar-refractivity contribution in [1.82, 2.24) is 9.78 Å². The van der Waals surface area contributed by atoms with Crippen LogP contribution in [-0.2, 0) is 24.2 Å². The molecule has 0 radical (unpaired) electrons. The van der Waals surface area contributed by atoms with Crippen molar-refractivity contribution < 1.29 is 9.59 Å². The number of hydrogen-bond donors (Lipinski definition) is 0. The number of amides is 2. The Hall–Kier alpha value is -3.74. The summed E-state index contributed by atoms with van der Waals surface area (Å²) in [5, 5.41) is 4.27. The molecule has 3 aromatic rings. The summed E-state index contributed by atoms with van der Waals surface area (Å²) < 4.78 is 1.22. The van der Waals surface area contributed by atoms with Crippen LogP contribution in [0.1, 0.15) is 28.0 Å². The van der Waals surface area contributed by atoms with E-state index in [-0.39, 0.29) is 36.0 Å². The van der Waals surface area contributed by atoms with E-state index in [1.165, 1.54) is 16.8 Å². The monoisotopic (exact) mass is 414 g/mol. The van der Waals surface area contributed by atoms with E-state index in [0.29, 0.717) is 13.1 Å². The van der Waals surface area contributed by atoms with E-state index in [1.54, 1.807) is 9.80 Å². The van der Waals surface area contributed by atoms with Crippen LogP contribution in [0.25, 0.3) is 0 Å². The summed E-state index contributed by atoms with van der Waals surface area (Å²) in [6.45, 7) is 1.37. The molecule has 31 heavy (non-hydrogen) atoms. The molecule has 7 heteroatoms. The maximum atomic E-state index is 13.0. The Labute approximate surface area is 179 Å². The second-order valence-electron chi connectivity index (χ2n) is 7.79. The average Bonchev–Trinajstić information content (AvgIpc) is 3.42. The number of aryl methyl sites for hydroxylation is 1. The van der Waals surface area contributed by atoms with Crippen molar-refractivity contribution in [2.75, 3.05) is 22.9 Å². The lowest BCUT2D eigenvalue weighted by atomic mass is 10.2. The minimum Gasteiger partial charge on any atom is -0.312 e.